The highest BCUT2D eigenvalue weighted by atomic mass is 16.6. The maximum absolute atomic E-state index is 11.1. The largest absolute Gasteiger partial charge is 0.334 e. The summed E-state index contributed by atoms with van der Waals surface area (Å²) in [7, 11) is 1.90. The number of nitrogens with zero attached hydrogens (tertiary/aromatic N) is 3. The molecule has 0 atom stereocenters. The van der Waals surface area contributed by atoms with Crippen LogP contribution in [-0.2, 0) is 12.5 Å². The molecule has 1 heterocycles. The minimum Gasteiger partial charge on any atom is -0.334 e. The Bertz CT molecular complexity index is 673. The highest BCUT2D eigenvalue weighted by Gasteiger charge is 2.29. The van der Waals surface area contributed by atoms with E-state index in [0.29, 0.717) is 5.92 Å². The van der Waals surface area contributed by atoms with Crippen LogP contribution < -0.4 is 0 Å². The Labute approximate surface area is 138 Å². The Morgan fingerprint density at radius 3 is 2.30 bits per heavy atom. The van der Waals surface area contributed by atoms with Gasteiger partial charge in [-0.25, -0.2) is 4.98 Å². The topological polar surface area (TPSA) is 61.0 Å². The molecule has 0 fully saturated rings. The monoisotopic (exact) mass is 317 g/mol. The van der Waals surface area contributed by atoms with Crippen molar-refractivity contribution in [2.75, 3.05) is 0 Å². The Balaban J connectivity index is 0.00000127. The number of aryl methyl sites for hydroxylation is 1. The Hall–Kier alpha value is -2.17. The maximum atomic E-state index is 11.1. The molecule has 0 aliphatic rings. The molecule has 0 amide bonds. The summed E-state index contributed by atoms with van der Waals surface area (Å²) in [5.74, 6) is 1.15. The van der Waals surface area contributed by atoms with E-state index in [9.17, 15) is 10.1 Å². The molecule has 2 aromatic rings. The summed E-state index contributed by atoms with van der Waals surface area (Å²) >= 11 is 0. The van der Waals surface area contributed by atoms with Gasteiger partial charge in [0.1, 0.15) is 5.82 Å². The van der Waals surface area contributed by atoms with Gasteiger partial charge in [0.25, 0.3) is 5.69 Å². The van der Waals surface area contributed by atoms with Gasteiger partial charge in [-0.3, -0.25) is 10.1 Å². The molecular weight excluding hydrogens is 290 g/mol. The zero-order chi connectivity index (χ0) is 17.8. The van der Waals surface area contributed by atoms with E-state index in [1.165, 1.54) is 0 Å². The van der Waals surface area contributed by atoms with Crippen molar-refractivity contribution in [2.24, 2.45) is 13.0 Å². The zero-order valence-corrected chi connectivity index (χ0v) is 15.1. The Kier molecular flexibility index (Phi) is 6.07. The molecule has 23 heavy (non-hydrogen) atoms. The van der Waals surface area contributed by atoms with Gasteiger partial charge in [-0.05, 0) is 16.9 Å². The molecular formula is C18H27N3O2. The first-order chi connectivity index (χ1) is 10.7. The summed E-state index contributed by atoms with van der Waals surface area (Å²) in [4.78, 5) is 15.1. The number of non-ortho nitro benzene ring substituents is 1. The number of nitro benzene ring substituents is 1. The average Bonchev–Trinajstić information content (AvgIpc) is 2.94. The van der Waals surface area contributed by atoms with Crippen LogP contribution in [0.3, 0.4) is 0 Å². The van der Waals surface area contributed by atoms with Crippen molar-refractivity contribution in [3.8, 4) is 11.4 Å². The number of hydrogen-bond donors (Lipinski definition) is 0. The predicted molar refractivity (Wildman–Crippen MR) is 94.5 cm³/mol. The summed E-state index contributed by atoms with van der Waals surface area (Å²) in [5.41, 5.74) is 1.90. The Morgan fingerprint density at radius 2 is 1.87 bits per heavy atom. The van der Waals surface area contributed by atoms with E-state index < -0.39 is 0 Å². The van der Waals surface area contributed by atoms with E-state index >= 15 is 0 Å². The molecule has 1 aromatic carbocycles. The SMILES string of the molecule is CC.CC(C)C(C)(C)c1ccc([N+](=O)[O-])cc1-c1nccn1C. The van der Waals surface area contributed by atoms with Gasteiger partial charge in [-0.2, -0.15) is 0 Å². The standard InChI is InChI=1S/C16H21N3O2.C2H6/c1-11(2)16(3,4)14-7-6-12(19(20)21)10-13(14)15-17-8-9-18(15)5;1-2/h6-11H,1-5H3;1-2H3. The van der Waals surface area contributed by atoms with Crippen LogP contribution in [0.1, 0.15) is 47.1 Å². The molecule has 0 spiro atoms. The van der Waals surface area contributed by atoms with E-state index in [2.05, 4.69) is 32.7 Å². The molecule has 0 unspecified atom stereocenters. The van der Waals surface area contributed by atoms with E-state index in [0.717, 1.165) is 17.0 Å². The van der Waals surface area contributed by atoms with Crippen LogP contribution in [0.2, 0.25) is 0 Å². The molecule has 126 valence electrons. The summed E-state index contributed by atoms with van der Waals surface area (Å²) in [6, 6.07) is 5.07. The number of rotatable bonds is 4. The third kappa shape index (κ3) is 3.78. The molecule has 0 bridgehead atoms. The van der Waals surface area contributed by atoms with Crippen molar-refractivity contribution in [2.45, 2.75) is 47.0 Å². The molecule has 1 aromatic heterocycles. The Morgan fingerprint density at radius 1 is 1.26 bits per heavy atom. The van der Waals surface area contributed by atoms with Crippen molar-refractivity contribution < 1.29 is 4.92 Å². The first-order valence-corrected chi connectivity index (χ1v) is 8.01. The van der Waals surface area contributed by atoms with E-state index in [1.54, 1.807) is 18.3 Å². The van der Waals surface area contributed by atoms with Gasteiger partial charge in [0.05, 0.1) is 4.92 Å². The highest BCUT2D eigenvalue weighted by Crippen LogP contribution is 2.39. The lowest BCUT2D eigenvalue weighted by Gasteiger charge is -2.31. The maximum Gasteiger partial charge on any atom is 0.270 e. The lowest BCUT2D eigenvalue weighted by molar-refractivity contribution is -0.384. The first kappa shape index (κ1) is 18.9. The fourth-order valence-electron chi connectivity index (χ4n) is 2.33. The summed E-state index contributed by atoms with van der Waals surface area (Å²) in [6.07, 6.45) is 3.56. The first-order valence-electron chi connectivity index (χ1n) is 8.01. The molecule has 5 heteroatoms. The van der Waals surface area contributed by atoms with E-state index in [-0.39, 0.29) is 16.0 Å². The summed E-state index contributed by atoms with van der Waals surface area (Å²) in [6.45, 7) is 12.6. The molecule has 0 saturated heterocycles. The normalized spacial score (nSPS) is 11.1. The van der Waals surface area contributed by atoms with Crippen LogP contribution in [0.15, 0.2) is 30.6 Å². The lowest BCUT2D eigenvalue weighted by atomic mass is 9.73. The van der Waals surface area contributed by atoms with Crippen LogP contribution in [0.25, 0.3) is 11.4 Å². The second-order valence-electron chi connectivity index (χ2n) is 6.23. The van der Waals surface area contributed by atoms with Crippen molar-refractivity contribution in [1.29, 1.82) is 0 Å². The van der Waals surface area contributed by atoms with Gasteiger partial charge in [-0.1, -0.05) is 47.6 Å². The fraction of sp³-hybridized carbons (Fsp3) is 0.500. The van der Waals surface area contributed by atoms with Crippen molar-refractivity contribution in [3.63, 3.8) is 0 Å². The quantitative estimate of drug-likeness (QED) is 0.591. The van der Waals surface area contributed by atoms with Crippen molar-refractivity contribution >= 4 is 5.69 Å². The molecule has 0 aliphatic heterocycles. The number of nitro groups is 1. The predicted octanol–water partition coefficient (Wildman–Crippen LogP) is 4.96. The second kappa shape index (κ2) is 7.40. The smallest absolute Gasteiger partial charge is 0.270 e. The van der Waals surface area contributed by atoms with Gasteiger partial charge in [0.15, 0.2) is 0 Å². The van der Waals surface area contributed by atoms with Gasteiger partial charge in [-0.15, -0.1) is 0 Å². The fourth-order valence-corrected chi connectivity index (χ4v) is 2.33. The summed E-state index contributed by atoms with van der Waals surface area (Å²) in [5, 5.41) is 11.1. The van der Waals surface area contributed by atoms with Gasteiger partial charge >= 0.3 is 0 Å². The van der Waals surface area contributed by atoms with Gasteiger partial charge in [0, 0.05) is 37.1 Å². The molecule has 0 aliphatic carbocycles. The molecule has 5 nitrogen and oxygen atoms in total. The number of aromatic nitrogens is 2. The minimum atomic E-state index is -0.363. The molecule has 2 rings (SSSR count). The van der Waals surface area contributed by atoms with Crippen LogP contribution in [-0.4, -0.2) is 14.5 Å². The number of hydrogen-bond acceptors (Lipinski definition) is 3. The summed E-state index contributed by atoms with van der Waals surface area (Å²) < 4.78 is 1.89. The van der Waals surface area contributed by atoms with Crippen LogP contribution in [0.4, 0.5) is 5.69 Å². The lowest BCUT2D eigenvalue weighted by Crippen LogP contribution is -2.25. The average molecular weight is 317 g/mol. The highest BCUT2D eigenvalue weighted by molar-refractivity contribution is 5.66. The van der Waals surface area contributed by atoms with Crippen LogP contribution >= 0.6 is 0 Å². The number of benzene rings is 1. The van der Waals surface area contributed by atoms with Crippen molar-refractivity contribution in [3.05, 3.63) is 46.3 Å². The number of imidazole rings is 1. The van der Waals surface area contributed by atoms with Gasteiger partial charge in [0.2, 0.25) is 0 Å². The van der Waals surface area contributed by atoms with Crippen LogP contribution in [0.5, 0.6) is 0 Å². The zero-order valence-electron chi connectivity index (χ0n) is 15.1. The molecule has 0 radical (unpaired) electrons. The van der Waals surface area contributed by atoms with Gasteiger partial charge < -0.3 is 4.57 Å². The van der Waals surface area contributed by atoms with Crippen molar-refractivity contribution in [1.82, 2.24) is 9.55 Å². The third-order valence-electron chi connectivity index (χ3n) is 4.41. The minimum absolute atomic E-state index is 0.0938. The van der Waals surface area contributed by atoms with Crippen LogP contribution in [0, 0.1) is 16.0 Å². The van der Waals surface area contributed by atoms with E-state index in [4.69, 9.17) is 0 Å². The van der Waals surface area contributed by atoms with E-state index in [1.807, 2.05) is 37.7 Å². The second-order valence-corrected chi connectivity index (χ2v) is 6.23. The molecule has 0 saturated carbocycles. The molecule has 0 N–H and O–H groups in total. The third-order valence-corrected chi connectivity index (χ3v) is 4.41.